The fourth-order valence-electron chi connectivity index (χ4n) is 1.89. The van der Waals surface area contributed by atoms with E-state index in [1.807, 2.05) is 6.07 Å². The second kappa shape index (κ2) is 4.77. The van der Waals surface area contributed by atoms with Gasteiger partial charge in [0.05, 0.1) is 0 Å². The summed E-state index contributed by atoms with van der Waals surface area (Å²) in [7, 11) is 2.14. The summed E-state index contributed by atoms with van der Waals surface area (Å²) >= 11 is 5.67. The third kappa shape index (κ3) is 3.04. The first-order valence-electron chi connectivity index (χ1n) is 5.18. The van der Waals surface area contributed by atoms with Gasteiger partial charge in [-0.25, -0.2) is 0 Å². The normalized spacial score (nSPS) is 22.7. The van der Waals surface area contributed by atoms with Crippen molar-refractivity contribution in [1.29, 1.82) is 0 Å². The summed E-state index contributed by atoms with van der Waals surface area (Å²) in [6.07, 6.45) is 2.42. The van der Waals surface area contributed by atoms with Gasteiger partial charge in [-0.2, -0.15) is 0 Å². The molecular formula is C10H15ClN4. The quantitative estimate of drug-likeness (QED) is 0.833. The fourth-order valence-corrected chi connectivity index (χ4v) is 1.99. The van der Waals surface area contributed by atoms with Crippen LogP contribution >= 0.6 is 11.6 Å². The summed E-state index contributed by atoms with van der Waals surface area (Å²) in [6, 6.07) is 4.09. The highest BCUT2D eigenvalue weighted by Crippen LogP contribution is 2.13. The maximum atomic E-state index is 5.67. The van der Waals surface area contributed by atoms with Crippen LogP contribution < -0.4 is 5.32 Å². The number of aromatic nitrogens is 2. The van der Waals surface area contributed by atoms with Gasteiger partial charge in [0.1, 0.15) is 5.82 Å². The maximum absolute atomic E-state index is 5.67. The first-order chi connectivity index (χ1) is 7.24. The van der Waals surface area contributed by atoms with Crippen LogP contribution in [0.5, 0.6) is 0 Å². The van der Waals surface area contributed by atoms with Crippen LogP contribution in [0, 0.1) is 0 Å². The number of halogens is 1. The Kier molecular flexibility index (Phi) is 3.38. The number of likely N-dealkylation sites (tertiary alicyclic amines) is 1. The van der Waals surface area contributed by atoms with Crippen molar-refractivity contribution < 1.29 is 0 Å². The van der Waals surface area contributed by atoms with Gasteiger partial charge in [0.25, 0.3) is 0 Å². The molecule has 1 N–H and O–H groups in total. The van der Waals surface area contributed by atoms with Gasteiger partial charge in [-0.1, -0.05) is 11.6 Å². The minimum atomic E-state index is 0.432. The third-order valence-corrected chi connectivity index (χ3v) is 2.81. The number of nitrogens with one attached hydrogen (secondary N) is 1. The predicted molar refractivity (Wildman–Crippen MR) is 61.2 cm³/mol. The summed E-state index contributed by atoms with van der Waals surface area (Å²) in [4.78, 5) is 2.32. The Labute approximate surface area is 94.6 Å². The molecule has 0 aromatic carbocycles. The first kappa shape index (κ1) is 10.6. The van der Waals surface area contributed by atoms with Gasteiger partial charge in [-0.05, 0) is 38.6 Å². The van der Waals surface area contributed by atoms with E-state index in [-0.39, 0.29) is 0 Å². The zero-order valence-corrected chi connectivity index (χ0v) is 9.54. The Balaban J connectivity index is 1.93. The van der Waals surface area contributed by atoms with Crippen LogP contribution in [-0.2, 0) is 0 Å². The van der Waals surface area contributed by atoms with Gasteiger partial charge in [-0.15, -0.1) is 10.2 Å². The number of likely N-dealkylation sites (N-methyl/N-ethyl adjacent to an activating group) is 1. The molecule has 0 radical (unpaired) electrons. The van der Waals surface area contributed by atoms with Gasteiger partial charge in [0.15, 0.2) is 5.15 Å². The van der Waals surface area contributed by atoms with Crippen molar-refractivity contribution in [2.75, 3.05) is 25.5 Å². The van der Waals surface area contributed by atoms with E-state index in [9.17, 15) is 0 Å². The second-order valence-electron chi connectivity index (χ2n) is 3.99. The van der Waals surface area contributed by atoms with Crippen molar-refractivity contribution in [1.82, 2.24) is 15.1 Å². The van der Waals surface area contributed by atoms with Crippen LogP contribution in [0.15, 0.2) is 12.1 Å². The number of hydrogen-bond acceptors (Lipinski definition) is 4. The van der Waals surface area contributed by atoms with Crippen LogP contribution in [0.3, 0.4) is 0 Å². The Morgan fingerprint density at radius 2 is 2.33 bits per heavy atom. The van der Waals surface area contributed by atoms with E-state index in [4.69, 9.17) is 11.6 Å². The minimum Gasteiger partial charge on any atom is -0.365 e. The van der Waals surface area contributed by atoms with Gasteiger partial charge in [0.2, 0.25) is 0 Å². The highest BCUT2D eigenvalue weighted by molar-refractivity contribution is 6.29. The van der Waals surface area contributed by atoms with Gasteiger partial charge < -0.3 is 10.2 Å². The van der Waals surface area contributed by atoms with E-state index in [0.29, 0.717) is 11.2 Å². The second-order valence-corrected chi connectivity index (χ2v) is 4.37. The molecular weight excluding hydrogens is 212 g/mol. The van der Waals surface area contributed by atoms with E-state index in [0.717, 1.165) is 12.4 Å². The molecule has 1 saturated heterocycles. The van der Waals surface area contributed by atoms with Gasteiger partial charge in [0, 0.05) is 12.6 Å². The summed E-state index contributed by atoms with van der Waals surface area (Å²) in [5.74, 6) is 0.805. The topological polar surface area (TPSA) is 41.0 Å². The van der Waals surface area contributed by atoms with Crippen LogP contribution in [0.4, 0.5) is 5.82 Å². The van der Waals surface area contributed by atoms with Gasteiger partial charge >= 0.3 is 0 Å². The Hall–Kier alpha value is -0.870. The number of nitrogens with zero attached hydrogens (tertiary/aromatic N) is 3. The van der Waals surface area contributed by atoms with Crippen molar-refractivity contribution in [2.45, 2.75) is 18.9 Å². The van der Waals surface area contributed by atoms with Gasteiger partial charge in [-0.3, -0.25) is 0 Å². The zero-order chi connectivity index (χ0) is 10.7. The van der Waals surface area contributed by atoms with Crippen molar-refractivity contribution in [3.8, 4) is 0 Å². The summed E-state index contributed by atoms with van der Waals surface area (Å²) in [6.45, 7) is 2.24. The molecule has 4 nitrogen and oxygen atoms in total. The molecule has 0 bridgehead atoms. The molecule has 0 saturated carbocycles. The molecule has 82 valence electrons. The predicted octanol–water partition coefficient (Wildman–Crippen LogP) is 1.64. The molecule has 0 unspecified atom stereocenters. The van der Waals surface area contributed by atoms with Crippen LogP contribution in [0.25, 0.3) is 0 Å². The largest absolute Gasteiger partial charge is 0.365 e. The summed E-state index contributed by atoms with van der Waals surface area (Å²) < 4.78 is 0. The van der Waals surface area contributed by atoms with E-state index in [2.05, 4.69) is 27.5 Å². The average molecular weight is 227 g/mol. The number of anilines is 1. The van der Waals surface area contributed by atoms with Crippen molar-refractivity contribution in [3.05, 3.63) is 17.3 Å². The molecule has 0 spiro atoms. The average Bonchev–Trinajstić information content (AvgIpc) is 2.22. The van der Waals surface area contributed by atoms with Crippen LogP contribution in [-0.4, -0.2) is 41.3 Å². The lowest BCUT2D eigenvalue weighted by atomic mass is 10.1. The molecule has 0 aliphatic carbocycles. The lowest BCUT2D eigenvalue weighted by Gasteiger charge is -2.30. The fraction of sp³-hybridized carbons (Fsp3) is 0.600. The minimum absolute atomic E-state index is 0.432. The summed E-state index contributed by atoms with van der Waals surface area (Å²) in [5.41, 5.74) is 0. The highest BCUT2D eigenvalue weighted by Gasteiger charge is 2.16. The molecule has 1 aromatic rings. The molecule has 1 fully saturated rings. The SMILES string of the molecule is CN1CCC[C@@H](Nc2ccc(Cl)nn2)C1. The Bertz CT molecular complexity index is 314. The number of hydrogen-bond donors (Lipinski definition) is 1. The van der Waals surface area contributed by atoms with Crippen molar-refractivity contribution in [2.24, 2.45) is 0 Å². The lowest BCUT2D eigenvalue weighted by Crippen LogP contribution is -2.39. The Morgan fingerprint density at radius 3 is 3.00 bits per heavy atom. The van der Waals surface area contributed by atoms with Crippen molar-refractivity contribution in [3.63, 3.8) is 0 Å². The van der Waals surface area contributed by atoms with E-state index >= 15 is 0 Å². The molecule has 5 heteroatoms. The molecule has 2 rings (SSSR count). The molecule has 1 atom stereocenters. The number of piperidine rings is 1. The molecule has 1 aliphatic heterocycles. The molecule has 1 aromatic heterocycles. The Morgan fingerprint density at radius 1 is 1.47 bits per heavy atom. The molecule has 2 heterocycles. The molecule has 15 heavy (non-hydrogen) atoms. The first-order valence-corrected chi connectivity index (χ1v) is 5.56. The molecule has 1 aliphatic rings. The standard InChI is InChI=1S/C10H15ClN4/c1-15-6-2-3-8(7-15)12-10-5-4-9(11)13-14-10/h4-5,8H,2-3,6-7H2,1H3,(H,12,14)/t8-/m1/s1. The van der Waals surface area contributed by atoms with Crippen LogP contribution in [0.2, 0.25) is 5.15 Å². The number of rotatable bonds is 2. The summed E-state index contributed by atoms with van der Waals surface area (Å²) in [5, 5.41) is 11.6. The monoisotopic (exact) mass is 226 g/mol. The van der Waals surface area contributed by atoms with E-state index in [1.54, 1.807) is 6.07 Å². The third-order valence-electron chi connectivity index (χ3n) is 2.61. The molecule has 0 amide bonds. The van der Waals surface area contributed by atoms with Crippen molar-refractivity contribution >= 4 is 17.4 Å². The van der Waals surface area contributed by atoms with Crippen LogP contribution in [0.1, 0.15) is 12.8 Å². The zero-order valence-electron chi connectivity index (χ0n) is 8.78. The van der Waals surface area contributed by atoms with E-state index in [1.165, 1.54) is 19.4 Å². The van der Waals surface area contributed by atoms with E-state index < -0.39 is 0 Å². The highest BCUT2D eigenvalue weighted by atomic mass is 35.5. The smallest absolute Gasteiger partial charge is 0.151 e. The lowest BCUT2D eigenvalue weighted by molar-refractivity contribution is 0.260. The maximum Gasteiger partial charge on any atom is 0.151 e.